The van der Waals surface area contributed by atoms with E-state index in [2.05, 4.69) is 43.8 Å². The lowest BCUT2D eigenvalue weighted by atomic mass is 9.55. The first-order valence-corrected chi connectivity index (χ1v) is 26.2. The Kier molecular flexibility index (Phi) is 19.9. The molecule has 2 N–H and O–H groups in total. The highest BCUT2D eigenvalue weighted by molar-refractivity contribution is 6.03. The SMILES string of the molecule is C=CCOC12Oc3ccc(Oc4cccc([N+](=O)[O-])c4)cc3C3C(CCCCO)C(CCCCO)C=C(C(=NOC)CC1N(Cc1cccc4ccccc14)C(=O)OCCCCCCCCCCCC)C32. The molecule has 4 aromatic carbocycles. The molecule has 4 aromatic rings. The van der Waals surface area contributed by atoms with Gasteiger partial charge in [-0.3, -0.25) is 15.0 Å². The summed E-state index contributed by atoms with van der Waals surface area (Å²) >= 11 is 0. The van der Waals surface area contributed by atoms with E-state index in [0.29, 0.717) is 35.8 Å². The number of oxime groups is 1. The maximum Gasteiger partial charge on any atom is 0.410 e. The van der Waals surface area contributed by atoms with Crippen LogP contribution in [-0.2, 0) is 20.9 Å². The molecule has 1 fully saturated rings. The smallest absolute Gasteiger partial charge is 0.410 e. The van der Waals surface area contributed by atoms with Crippen molar-refractivity contribution in [1.29, 1.82) is 0 Å². The van der Waals surface area contributed by atoms with Crippen molar-refractivity contribution in [1.82, 2.24) is 4.90 Å². The molecule has 0 spiro atoms. The Hall–Kier alpha value is -5.76. The number of carbonyl (C=O) groups is 1. The van der Waals surface area contributed by atoms with Crippen LogP contribution in [0.5, 0.6) is 17.2 Å². The standard InChI is InChI=1S/C58H75N3O10/c1-4-6-7-8-9-10-11-12-13-20-36-68-57(64)60(41-44-26-21-25-42-23-14-15-29-48(42)44)54-40-52(59-67-3)50-37-43(24-16-18-33-62)49(30-17-19-34-63)55-51-39-47(70-46-28-22-27-45(38-46)61(65)66)31-32-53(51)71-58(54,56(50)55)69-35-5-2/h5,14-15,21-23,25-29,31-32,37-39,43,49,54-56,62-63H,2,4,6-13,16-20,24,30,33-36,40-41H2,1,3H3. The van der Waals surface area contributed by atoms with Gasteiger partial charge in [0, 0.05) is 37.2 Å². The van der Waals surface area contributed by atoms with Crippen LogP contribution in [0, 0.1) is 27.9 Å². The van der Waals surface area contributed by atoms with Crippen molar-refractivity contribution in [2.24, 2.45) is 22.9 Å². The summed E-state index contributed by atoms with van der Waals surface area (Å²) in [6.45, 7) is 7.03. The summed E-state index contributed by atoms with van der Waals surface area (Å²) in [5.74, 6) is -0.996. The number of carbonyl (C=O) groups excluding carboxylic acids is 1. The Morgan fingerprint density at radius 3 is 2.31 bits per heavy atom. The van der Waals surface area contributed by atoms with E-state index in [9.17, 15) is 20.3 Å². The minimum Gasteiger partial charge on any atom is -0.459 e. The highest BCUT2D eigenvalue weighted by atomic mass is 16.7. The molecule has 382 valence electrons. The van der Waals surface area contributed by atoms with Crippen LogP contribution < -0.4 is 9.47 Å². The van der Waals surface area contributed by atoms with Gasteiger partial charge in [-0.15, -0.1) is 6.58 Å². The Labute approximate surface area is 420 Å². The minimum absolute atomic E-state index is 0.0197. The summed E-state index contributed by atoms with van der Waals surface area (Å²) in [7, 11) is 1.54. The number of nitrogens with zero attached hydrogens (tertiary/aromatic N) is 3. The van der Waals surface area contributed by atoms with Crippen LogP contribution >= 0.6 is 0 Å². The number of benzene rings is 4. The monoisotopic (exact) mass is 974 g/mol. The van der Waals surface area contributed by atoms with Crippen molar-refractivity contribution in [3.63, 3.8) is 0 Å². The molecule has 1 amide bonds. The number of amides is 1. The fourth-order valence-electron chi connectivity index (χ4n) is 11.4. The zero-order chi connectivity index (χ0) is 50.0. The predicted octanol–water partition coefficient (Wildman–Crippen LogP) is 13.4. The fourth-order valence-corrected chi connectivity index (χ4v) is 11.4. The van der Waals surface area contributed by atoms with Crippen LogP contribution in [0.25, 0.3) is 10.8 Å². The highest BCUT2D eigenvalue weighted by Crippen LogP contribution is 2.62. The minimum atomic E-state index is -1.50. The molecule has 1 aliphatic heterocycles. The van der Waals surface area contributed by atoms with E-state index in [-0.39, 0.29) is 62.8 Å². The molecule has 3 aliphatic rings. The zero-order valence-electron chi connectivity index (χ0n) is 41.9. The number of aliphatic hydroxyl groups is 2. The summed E-state index contributed by atoms with van der Waals surface area (Å²) in [5, 5.41) is 38.6. The van der Waals surface area contributed by atoms with E-state index in [1.54, 1.807) is 29.2 Å². The second-order valence-corrected chi connectivity index (χ2v) is 19.4. The number of hydrogen-bond acceptors (Lipinski definition) is 11. The maximum atomic E-state index is 15.2. The van der Waals surface area contributed by atoms with Crippen molar-refractivity contribution in [3.05, 3.63) is 130 Å². The lowest BCUT2D eigenvalue weighted by Crippen LogP contribution is -2.70. The third kappa shape index (κ3) is 13.0. The van der Waals surface area contributed by atoms with E-state index >= 15 is 4.79 Å². The van der Waals surface area contributed by atoms with Crippen molar-refractivity contribution in [2.45, 2.75) is 140 Å². The van der Waals surface area contributed by atoms with E-state index in [4.69, 9.17) is 28.9 Å². The molecule has 1 saturated carbocycles. The summed E-state index contributed by atoms with van der Waals surface area (Å²) in [5.41, 5.74) is 3.30. The molecule has 7 rings (SSSR count). The molecule has 0 bridgehead atoms. The lowest BCUT2D eigenvalue weighted by molar-refractivity contribution is -0.384. The van der Waals surface area contributed by atoms with Gasteiger partial charge in [-0.2, -0.15) is 0 Å². The molecular formula is C58H75N3O10. The van der Waals surface area contributed by atoms with E-state index in [1.165, 1.54) is 64.2 Å². The van der Waals surface area contributed by atoms with Crippen molar-refractivity contribution < 1.29 is 43.7 Å². The molecular weight excluding hydrogens is 899 g/mol. The quantitative estimate of drug-likeness (QED) is 0.0232. The summed E-state index contributed by atoms with van der Waals surface area (Å²) in [6.07, 6.45) is 19.7. The molecule has 0 aromatic heterocycles. The topological polar surface area (TPSA) is 162 Å². The second kappa shape index (κ2) is 26.6. The van der Waals surface area contributed by atoms with Crippen molar-refractivity contribution in [2.75, 3.05) is 33.5 Å². The van der Waals surface area contributed by atoms with Crippen LogP contribution in [0.1, 0.15) is 133 Å². The fraction of sp³-hybridized carbons (Fsp3) is 0.517. The van der Waals surface area contributed by atoms with Crippen molar-refractivity contribution in [3.8, 4) is 17.2 Å². The van der Waals surface area contributed by atoms with Crippen molar-refractivity contribution >= 4 is 28.3 Å². The summed E-state index contributed by atoms with van der Waals surface area (Å²) in [4.78, 5) is 34.0. The number of nitro benzene ring substituents is 1. The average molecular weight is 974 g/mol. The van der Waals surface area contributed by atoms with Gasteiger partial charge in [-0.05, 0) is 90.1 Å². The average Bonchev–Trinajstić information content (AvgIpc) is 3.38. The third-order valence-corrected chi connectivity index (χ3v) is 14.7. The molecule has 0 radical (unpaired) electrons. The number of fused-ring (bicyclic) bond motifs is 3. The number of non-ortho nitro benzene ring substituents is 1. The number of allylic oxidation sites excluding steroid dienone is 1. The van der Waals surface area contributed by atoms with Crippen LogP contribution in [0.15, 0.2) is 114 Å². The van der Waals surface area contributed by atoms with Crippen LogP contribution in [0.2, 0.25) is 0 Å². The highest BCUT2D eigenvalue weighted by Gasteiger charge is 2.65. The Balaban J connectivity index is 1.34. The number of unbranched alkanes of at least 4 members (excludes halogenated alkanes) is 11. The van der Waals surface area contributed by atoms with Gasteiger partial charge >= 0.3 is 6.09 Å². The number of nitro groups is 1. The second-order valence-electron chi connectivity index (χ2n) is 19.4. The number of ether oxygens (including phenoxy) is 4. The molecule has 1 heterocycles. The summed E-state index contributed by atoms with van der Waals surface area (Å²) in [6, 6.07) is 25.3. The lowest BCUT2D eigenvalue weighted by Gasteiger charge is -2.59. The van der Waals surface area contributed by atoms with E-state index in [0.717, 1.165) is 72.4 Å². The van der Waals surface area contributed by atoms with Gasteiger partial charge < -0.3 is 34.0 Å². The summed E-state index contributed by atoms with van der Waals surface area (Å²) < 4.78 is 27.4. The van der Waals surface area contributed by atoms with Gasteiger partial charge in [0.1, 0.15) is 30.4 Å². The molecule has 6 atom stereocenters. The Morgan fingerprint density at radius 2 is 1.58 bits per heavy atom. The van der Waals surface area contributed by atoms with E-state index in [1.807, 2.05) is 30.3 Å². The maximum absolute atomic E-state index is 15.2. The number of hydrogen-bond donors (Lipinski definition) is 2. The van der Waals surface area contributed by atoms with Gasteiger partial charge in [0.2, 0.25) is 5.79 Å². The molecule has 2 aliphatic carbocycles. The number of aliphatic hydroxyl groups excluding tert-OH is 2. The molecule has 71 heavy (non-hydrogen) atoms. The van der Waals surface area contributed by atoms with Crippen LogP contribution in [0.3, 0.4) is 0 Å². The first-order valence-electron chi connectivity index (χ1n) is 26.2. The number of rotatable bonds is 29. The zero-order valence-corrected chi connectivity index (χ0v) is 41.9. The molecule has 13 heteroatoms. The van der Waals surface area contributed by atoms with Gasteiger partial charge in [0.15, 0.2) is 0 Å². The third-order valence-electron chi connectivity index (χ3n) is 14.7. The van der Waals surface area contributed by atoms with Crippen LogP contribution in [-0.4, -0.2) is 77.2 Å². The van der Waals surface area contributed by atoms with Gasteiger partial charge in [0.05, 0.1) is 42.4 Å². The predicted molar refractivity (Wildman–Crippen MR) is 278 cm³/mol. The molecule has 6 unspecified atom stereocenters. The van der Waals surface area contributed by atoms with Gasteiger partial charge in [-0.25, -0.2) is 4.79 Å². The van der Waals surface area contributed by atoms with Gasteiger partial charge in [0.25, 0.3) is 5.69 Å². The Bertz CT molecular complexity index is 2430. The van der Waals surface area contributed by atoms with Crippen LogP contribution in [0.4, 0.5) is 10.5 Å². The molecule has 13 nitrogen and oxygen atoms in total. The normalized spacial score (nSPS) is 21.7. The Morgan fingerprint density at radius 1 is 0.873 bits per heavy atom. The molecule has 0 saturated heterocycles. The van der Waals surface area contributed by atoms with E-state index < -0.39 is 28.8 Å². The first-order chi connectivity index (χ1) is 34.8. The van der Waals surface area contributed by atoms with Gasteiger partial charge in [-0.1, -0.05) is 143 Å². The largest absolute Gasteiger partial charge is 0.459 e. The first kappa shape index (κ1) is 53.0.